The second-order valence-corrected chi connectivity index (χ2v) is 4.25. The van der Waals surface area contributed by atoms with Crippen molar-refractivity contribution in [3.8, 4) is 0 Å². The molecule has 0 amide bonds. The lowest BCUT2D eigenvalue weighted by Crippen LogP contribution is -2.50. The van der Waals surface area contributed by atoms with Crippen molar-refractivity contribution in [3.05, 3.63) is 0 Å². The van der Waals surface area contributed by atoms with Crippen molar-refractivity contribution in [2.75, 3.05) is 6.54 Å². The number of aliphatic carboxylic acids is 1. The molecule has 1 unspecified atom stereocenters. The third-order valence-electron chi connectivity index (χ3n) is 3.52. The summed E-state index contributed by atoms with van der Waals surface area (Å²) in [6.07, 6.45) is -0.822. The van der Waals surface area contributed by atoms with Gasteiger partial charge in [0.25, 0.3) is 0 Å². The Morgan fingerprint density at radius 2 is 1.86 bits per heavy atom. The molecule has 4 nitrogen and oxygen atoms in total. The van der Waals surface area contributed by atoms with E-state index in [0.29, 0.717) is 18.4 Å². The number of hydrogen-bond donors (Lipinski definition) is 2. The van der Waals surface area contributed by atoms with E-state index in [9.17, 15) is 4.79 Å². The highest BCUT2D eigenvalue weighted by atomic mass is 16.5. The Bertz CT molecular complexity index is 217. The van der Waals surface area contributed by atoms with E-state index in [1.165, 1.54) is 0 Å². The largest absolute Gasteiger partial charge is 0.479 e. The van der Waals surface area contributed by atoms with E-state index in [1.807, 2.05) is 6.92 Å². The maximum Gasteiger partial charge on any atom is 0.333 e. The summed E-state index contributed by atoms with van der Waals surface area (Å²) >= 11 is 0. The first-order chi connectivity index (χ1) is 6.49. The Labute approximate surface area is 84.4 Å². The van der Waals surface area contributed by atoms with Gasteiger partial charge in [-0.15, -0.1) is 0 Å². The van der Waals surface area contributed by atoms with Gasteiger partial charge in [0.2, 0.25) is 0 Å². The minimum absolute atomic E-state index is 0.0466. The van der Waals surface area contributed by atoms with E-state index in [1.54, 1.807) is 0 Å². The van der Waals surface area contributed by atoms with Crippen LogP contribution in [0, 0.1) is 17.8 Å². The van der Waals surface area contributed by atoms with Crippen LogP contribution in [0.1, 0.15) is 20.8 Å². The van der Waals surface area contributed by atoms with Crippen molar-refractivity contribution >= 4 is 5.97 Å². The van der Waals surface area contributed by atoms with Crippen LogP contribution in [0.2, 0.25) is 0 Å². The SMILES string of the molecule is C[C@H]1[C@H](C)[C@@H](CN)OC(C(=O)O)[C@H]1C. The van der Waals surface area contributed by atoms with Crippen LogP contribution in [-0.2, 0) is 9.53 Å². The highest BCUT2D eigenvalue weighted by Gasteiger charge is 2.41. The van der Waals surface area contributed by atoms with Gasteiger partial charge >= 0.3 is 5.97 Å². The Balaban J connectivity index is 2.78. The highest BCUT2D eigenvalue weighted by molar-refractivity contribution is 5.72. The van der Waals surface area contributed by atoms with Gasteiger partial charge in [0, 0.05) is 6.54 Å². The molecule has 1 rings (SSSR count). The molecular weight excluding hydrogens is 182 g/mol. The van der Waals surface area contributed by atoms with E-state index >= 15 is 0 Å². The lowest BCUT2D eigenvalue weighted by Gasteiger charge is -2.41. The van der Waals surface area contributed by atoms with Crippen LogP contribution in [0.25, 0.3) is 0 Å². The zero-order valence-electron chi connectivity index (χ0n) is 8.93. The molecule has 0 aromatic rings. The predicted molar refractivity (Wildman–Crippen MR) is 52.8 cm³/mol. The normalized spacial score (nSPS) is 43.6. The smallest absolute Gasteiger partial charge is 0.333 e. The first-order valence-corrected chi connectivity index (χ1v) is 5.07. The molecule has 0 aromatic heterocycles. The summed E-state index contributed by atoms with van der Waals surface area (Å²) < 4.78 is 5.47. The first kappa shape index (κ1) is 11.5. The molecule has 1 heterocycles. The molecule has 14 heavy (non-hydrogen) atoms. The fourth-order valence-electron chi connectivity index (χ4n) is 2.08. The number of carboxylic acids is 1. The third-order valence-corrected chi connectivity index (χ3v) is 3.52. The number of carboxylic acid groups (broad SMARTS) is 1. The van der Waals surface area contributed by atoms with Crippen molar-refractivity contribution in [1.29, 1.82) is 0 Å². The molecule has 1 fully saturated rings. The minimum atomic E-state index is -0.880. The predicted octanol–water partition coefficient (Wildman–Crippen LogP) is 0.705. The Morgan fingerprint density at radius 3 is 2.29 bits per heavy atom. The lowest BCUT2D eigenvalue weighted by molar-refractivity contribution is -0.177. The molecule has 3 N–H and O–H groups in total. The average molecular weight is 201 g/mol. The van der Waals surface area contributed by atoms with Gasteiger partial charge in [-0.05, 0) is 17.8 Å². The Kier molecular flexibility index (Phi) is 3.50. The van der Waals surface area contributed by atoms with Gasteiger partial charge in [-0.2, -0.15) is 0 Å². The van der Waals surface area contributed by atoms with E-state index in [4.69, 9.17) is 15.6 Å². The first-order valence-electron chi connectivity index (χ1n) is 5.07. The topological polar surface area (TPSA) is 72.5 Å². The van der Waals surface area contributed by atoms with E-state index in [-0.39, 0.29) is 12.0 Å². The zero-order valence-corrected chi connectivity index (χ0v) is 8.93. The second-order valence-electron chi connectivity index (χ2n) is 4.25. The van der Waals surface area contributed by atoms with Crippen LogP contribution in [0.15, 0.2) is 0 Å². The quantitative estimate of drug-likeness (QED) is 0.690. The molecule has 0 radical (unpaired) electrons. The van der Waals surface area contributed by atoms with Gasteiger partial charge in [0.1, 0.15) is 0 Å². The minimum Gasteiger partial charge on any atom is -0.479 e. The molecule has 4 heteroatoms. The van der Waals surface area contributed by atoms with Crippen LogP contribution in [0.3, 0.4) is 0 Å². The molecule has 0 aromatic carbocycles. The molecule has 1 saturated heterocycles. The van der Waals surface area contributed by atoms with Gasteiger partial charge in [0.15, 0.2) is 6.10 Å². The number of carbonyl (C=O) groups is 1. The molecule has 0 bridgehead atoms. The number of hydrogen-bond acceptors (Lipinski definition) is 3. The molecule has 0 aliphatic carbocycles. The number of ether oxygens (including phenoxy) is 1. The standard InChI is InChI=1S/C10H19NO3/c1-5-6(2)8(4-11)14-9(7(5)3)10(12)13/h5-9H,4,11H2,1-3H3,(H,12,13)/t5-,6-,7-,8+,9?/m0/s1. The van der Waals surface area contributed by atoms with Crippen LogP contribution in [0.5, 0.6) is 0 Å². The number of rotatable bonds is 2. The maximum absolute atomic E-state index is 10.9. The van der Waals surface area contributed by atoms with E-state index in [0.717, 1.165) is 0 Å². The van der Waals surface area contributed by atoms with Gasteiger partial charge in [-0.1, -0.05) is 20.8 Å². The molecule has 1 aliphatic heterocycles. The van der Waals surface area contributed by atoms with Gasteiger partial charge in [-0.25, -0.2) is 4.79 Å². The fourth-order valence-corrected chi connectivity index (χ4v) is 2.08. The van der Waals surface area contributed by atoms with Crippen molar-refractivity contribution in [2.45, 2.75) is 33.0 Å². The van der Waals surface area contributed by atoms with Gasteiger partial charge in [-0.3, -0.25) is 0 Å². The fraction of sp³-hybridized carbons (Fsp3) is 0.900. The molecule has 0 spiro atoms. The molecule has 0 saturated carbocycles. The molecule has 1 aliphatic rings. The average Bonchev–Trinajstić information content (AvgIpc) is 2.14. The van der Waals surface area contributed by atoms with Crippen molar-refractivity contribution < 1.29 is 14.6 Å². The van der Waals surface area contributed by atoms with Gasteiger partial charge in [0.05, 0.1) is 6.10 Å². The van der Waals surface area contributed by atoms with Crippen molar-refractivity contribution in [1.82, 2.24) is 0 Å². The zero-order chi connectivity index (χ0) is 10.9. The molecular formula is C10H19NO3. The van der Waals surface area contributed by atoms with Gasteiger partial charge < -0.3 is 15.6 Å². The lowest BCUT2D eigenvalue weighted by atomic mass is 9.76. The number of nitrogens with two attached hydrogens (primary N) is 1. The van der Waals surface area contributed by atoms with E-state index < -0.39 is 12.1 Å². The summed E-state index contributed by atoms with van der Waals surface area (Å²) in [7, 11) is 0. The monoisotopic (exact) mass is 201 g/mol. The Morgan fingerprint density at radius 1 is 1.29 bits per heavy atom. The van der Waals surface area contributed by atoms with Crippen LogP contribution in [0.4, 0.5) is 0 Å². The van der Waals surface area contributed by atoms with Crippen molar-refractivity contribution in [2.24, 2.45) is 23.5 Å². The summed E-state index contributed by atoms with van der Waals surface area (Å²) in [4.78, 5) is 10.9. The summed E-state index contributed by atoms with van der Waals surface area (Å²) in [6, 6.07) is 0. The van der Waals surface area contributed by atoms with Crippen molar-refractivity contribution in [3.63, 3.8) is 0 Å². The van der Waals surface area contributed by atoms with Crippen LogP contribution >= 0.6 is 0 Å². The summed E-state index contributed by atoms with van der Waals surface area (Å²) in [5.41, 5.74) is 5.55. The summed E-state index contributed by atoms with van der Waals surface area (Å²) in [5, 5.41) is 8.96. The third kappa shape index (κ3) is 1.91. The maximum atomic E-state index is 10.9. The summed E-state index contributed by atoms with van der Waals surface area (Å²) in [6.45, 7) is 6.45. The van der Waals surface area contributed by atoms with Crippen LogP contribution in [-0.4, -0.2) is 29.8 Å². The Hall–Kier alpha value is -0.610. The molecule has 5 atom stereocenters. The highest BCUT2D eigenvalue weighted by Crippen LogP contribution is 2.34. The van der Waals surface area contributed by atoms with E-state index in [2.05, 4.69) is 13.8 Å². The van der Waals surface area contributed by atoms with Crippen LogP contribution < -0.4 is 5.73 Å². The summed E-state index contributed by atoms with van der Waals surface area (Å²) in [5.74, 6) is -0.177. The molecule has 82 valence electrons. The second kappa shape index (κ2) is 4.28.